The summed E-state index contributed by atoms with van der Waals surface area (Å²) >= 11 is 9.31. The van der Waals surface area contributed by atoms with Crippen molar-refractivity contribution < 1.29 is 27.4 Å². The number of nitrogens with one attached hydrogen (secondary N) is 1. The van der Waals surface area contributed by atoms with E-state index in [1.54, 1.807) is 60.7 Å². The molecule has 0 fully saturated rings. The molecular formula is C31H21BrClF3N4O4. The lowest BCUT2D eigenvalue weighted by molar-refractivity contribution is -0.137. The third-order valence-corrected chi connectivity index (χ3v) is 7.22. The zero-order chi connectivity index (χ0) is 31.4. The van der Waals surface area contributed by atoms with Gasteiger partial charge < -0.3 is 14.8 Å². The van der Waals surface area contributed by atoms with E-state index in [4.69, 9.17) is 21.1 Å². The van der Waals surface area contributed by atoms with E-state index in [2.05, 4.69) is 31.3 Å². The van der Waals surface area contributed by atoms with Crippen LogP contribution in [0.1, 0.15) is 11.1 Å². The fourth-order valence-corrected chi connectivity index (χ4v) is 4.72. The number of nitrogens with zero attached hydrogens (tertiary/aromatic N) is 3. The fourth-order valence-electron chi connectivity index (χ4n) is 4.17. The molecule has 1 amide bonds. The van der Waals surface area contributed by atoms with Crippen molar-refractivity contribution >= 4 is 56.2 Å². The second-order valence-corrected chi connectivity index (χ2v) is 10.6. The molecule has 0 aliphatic carbocycles. The minimum absolute atomic E-state index is 0.0529. The molecule has 0 atom stereocenters. The summed E-state index contributed by atoms with van der Waals surface area (Å²) in [6, 6.07) is 20.7. The van der Waals surface area contributed by atoms with E-state index in [9.17, 15) is 22.8 Å². The summed E-state index contributed by atoms with van der Waals surface area (Å²) < 4.78 is 52.9. The number of fused-ring (bicyclic) bond motifs is 1. The van der Waals surface area contributed by atoms with Crippen LogP contribution in [-0.4, -0.2) is 35.5 Å². The van der Waals surface area contributed by atoms with Crippen molar-refractivity contribution in [1.29, 1.82) is 0 Å². The van der Waals surface area contributed by atoms with Crippen molar-refractivity contribution in [2.24, 2.45) is 5.10 Å². The number of hydrogen-bond acceptors (Lipinski definition) is 6. The molecule has 1 heterocycles. The molecule has 13 heteroatoms. The lowest BCUT2D eigenvalue weighted by atomic mass is 10.1. The quantitative estimate of drug-likeness (QED) is 0.172. The number of anilines is 1. The summed E-state index contributed by atoms with van der Waals surface area (Å²) in [5, 5.41) is 7.78. The van der Waals surface area contributed by atoms with E-state index in [-0.39, 0.29) is 34.9 Å². The molecule has 0 radical (unpaired) electrons. The Bertz CT molecular complexity index is 1950. The number of ether oxygens (including phenoxy) is 2. The van der Waals surface area contributed by atoms with Gasteiger partial charge in [-0.3, -0.25) is 9.59 Å². The van der Waals surface area contributed by atoms with Crippen LogP contribution in [0.25, 0.3) is 22.3 Å². The number of rotatable bonds is 8. The van der Waals surface area contributed by atoms with E-state index < -0.39 is 23.2 Å². The van der Waals surface area contributed by atoms with Crippen molar-refractivity contribution in [3.05, 3.63) is 116 Å². The smallest absolute Gasteiger partial charge is 0.416 e. The van der Waals surface area contributed by atoms with Crippen LogP contribution < -0.4 is 20.3 Å². The van der Waals surface area contributed by atoms with Crippen LogP contribution in [0.3, 0.4) is 0 Å². The zero-order valence-corrected chi connectivity index (χ0v) is 25.1. The lowest BCUT2D eigenvalue weighted by Crippen LogP contribution is -2.21. The first kappa shape index (κ1) is 30.8. The molecule has 0 saturated heterocycles. The molecule has 0 saturated carbocycles. The molecule has 4 aromatic carbocycles. The van der Waals surface area contributed by atoms with Gasteiger partial charge in [0.15, 0.2) is 23.9 Å². The average Bonchev–Trinajstić information content (AvgIpc) is 3.01. The van der Waals surface area contributed by atoms with Crippen molar-refractivity contribution in [2.45, 2.75) is 6.18 Å². The number of aromatic nitrogens is 2. The Morgan fingerprint density at radius 3 is 2.52 bits per heavy atom. The summed E-state index contributed by atoms with van der Waals surface area (Å²) in [5.41, 5.74) is -0.120. The molecule has 44 heavy (non-hydrogen) atoms. The number of carbonyl (C=O) groups excluding carboxylic acids is 1. The first-order valence-corrected chi connectivity index (χ1v) is 14.0. The van der Waals surface area contributed by atoms with Crippen LogP contribution in [0.4, 0.5) is 18.9 Å². The summed E-state index contributed by atoms with van der Waals surface area (Å²) in [7, 11) is 1.41. The monoisotopic (exact) mass is 684 g/mol. The normalized spacial score (nSPS) is 11.6. The van der Waals surface area contributed by atoms with E-state index in [1.807, 2.05) is 0 Å². The second-order valence-electron chi connectivity index (χ2n) is 9.26. The first-order chi connectivity index (χ1) is 21.0. The third-order valence-electron chi connectivity index (χ3n) is 6.28. The van der Waals surface area contributed by atoms with Gasteiger partial charge in [0, 0.05) is 26.3 Å². The largest absolute Gasteiger partial charge is 0.493 e. The van der Waals surface area contributed by atoms with Gasteiger partial charge in [0.2, 0.25) is 0 Å². The lowest BCUT2D eigenvalue weighted by Gasteiger charge is -2.13. The van der Waals surface area contributed by atoms with Crippen molar-refractivity contribution in [2.75, 3.05) is 19.0 Å². The number of halogens is 5. The average molecular weight is 686 g/mol. The summed E-state index contributed by atoms with van der Waals surface area (Å²) in [5.74, 6) is 0.0141. The number of para-hydroxylation sites is 1. The predicted molar refractivity (Wildman–Crippen MR) is 166 cm³/mol. The molecule has 1 aromatic heterocycles. The number of carbonyl (C=O) groups is 1. The van der Waals surface area contributed by atoms with E-state index in [0.717, 1.165) is 16.8 Å². The number of benzene rings is 4. The summed E-state index contributed by atoms with van der Waals surface area (Å²) in [4.78, 5) is 30.3. The van der Waals surface area contributed by atoms with Gasteiger partial charge >= 0.3 is 6.18 Å². The highest BCUT2D eigenvalue weighted by molar-refractivity contribution is 9.10. The van der Waals surface area contributed by atoms with E-state index in [1.165, 1.54) is 25.5 Å². The van der Waals surface area contributed by atoms with Gasteiger partial charge in [0.05, 0.1) is 29.8 Å². The van der Waals surface area contributed by atoms with Gasteiger partial charge in [0.25, 0.3) is 11.5 Å². The highest BCUT2D eigenvalue weighted by Crippen LogP contribution is 2.34. The summed E-state index contributed by atoms with van der Waals surface area (Å²) in [6.45, 7) is -0.322. The number of alkyl halides is 3. The van der Waals surface area contributed by atoms with Crippen molar-refractivity contribution in [3.63, 3.8) is 0 Å². The SMILES string of the molecule is COc1cc(C=Nn2c(-c3cccc(C(F)(F)F)c3)nc3ccccc3c2=O)c(Br)cc1OCC(=O)Nc1ccc(Cl)cc1. The molecular weight excluding hydrogens is 665 g/mol. The van der Waals surface area contributed by atoms with Crippen LogP contribution in [0.2, 0.25) is 5.02 Å². The maximum absolute atomic E-state index is 13.5. The van der Waals surface area contributed by atoms with Crippen LogP contribution in [0, 0.1) is 0 Å². The van der Waals surface area contributed by atoms with Crippen molar-refractivity contribution in [3.8, 4) is 22.9 Å². The van der Waals surface area contributed by atoms with Gasteiger partial charge in [0.1, 0.15) is 0 Å². The third kappa shape index (κ3) is 6.92. The highest BCUT2D eigenvalue weighted by atomic mass is 79.9. The fraction of sp³-hybridized carbons (Fsp3) is 0.0968. The Hall–Kier alpha value is -4.68. The topological polar surface area (TPSA) is 94.8 Å². The Labute approximate surface area is 261 Å². The standard InChI is InChI=1S/C31H21BrClF3N4O4/c1-43-26-14-19(24(32)15-27(26)44-17-28(41)38-22-11-9-21(33)10-12-22)16-37-40-29(18-5-4-6-20(13-18)31(34,35)36)39-25-8-3-2-7-23(25)30(40)42/h2-16H,17H2,1H3,(H,38,41). The molecule has 0 bridgehead atoms. The van der Waals surface area contributed by atoms with E-state index in [0.29, 0.717) is 26.3 Å². The number of hydrogen-bond donors (Lipinski definition) is 1. The molecule has 224 valence electrons. The van der Waals surface area contributed by atoms with Gasteiger partial charge in [-0.25, -0.2) is 4.98 Å². The molecule has 0 aliphatic heterocycles. The molecule has 5 aromatic rings. The highest BCUT2D eigenvalue weighted by Gasteiger charge is 2.31. The Morgan fingerprint density at radius 1 is 1.05 bits per heavy atom. The van der Waals surface area contributed by atoms with Crippen molar-refractivity contribution in [1.82, 2.24) is 9.66 Å². The first-order valence-electron chi connectivity index (χ1n) is 12.8. The molecule has 8 nitrogen and oxygen atoms in total. The van der Waals surface area contributed by atoms with Crippen LogP contribution >= 0.6 is 27.5 Å². The predicted octanol–water partition coefficient (Wildman–Crippen LogP) is 7.41. The Balaban J connectivity index is 1.46. The number of amides is 1. The van der Waals surface area contributed by atoms with Crippen LogP contribution in [-0.2, 0) is 11.0 Å². The minimum Gasteiger partial charge on any atom is -0.493 e. The zero-order valence-electron chi connectivity index (χ0n) is 22.7. The van der Waals surface area contributed by atoms with E-state index >= 15 is 0 Å². The van der Waals surface area contributed by atoms with Crippen LogP contribution in [0.15, 0.2) is 99.3 Å². The minimum atomic E-state index is -4.59. The Morgan fingerprint density at radius 2 is 1.80 bits per heavy atom. The Kier molecular flexibility index (Phi) is 9.02. The maximum Gasteiger partial charge on any atom is 0.416 e. The molecule has 0 aliphatic rings. The second kappa shape index (κ2) is 12.9. The number of methoxy groups -OCH3 is 1. The van der Waals surface area contributed by atoms with Gasteiger partial charge in [-0.1, -0.05) is 35.9 Å². The maximum atomic E-state index is 13.5. The van der Waals surface area contributed by atoms with Gasteiger partial charge in [-0.15, -0.1) is 0 Å². The summed E-state index contributed by atoms with van der Waals surface area (Å²) in [6.07, 6.45) is -3.26. The van der Waals surface area contributed by atoms with Gasteiger partial charge in [-0.2, -0.15) is 22.9 Å². The van der Waals surface area contributed by atoms with Crippen LogP contribution in [0.5, 0.6) is 11.5 Å². The molecule has 0 unspecified atom stereocenters. The van der Waals surface area contributed by atoms with Gasteiger partial charge in [-0.05, 0) is 76.6 Å². The molecule has 0 spiro atoms. The molecule has 5 rings (SSSR count). The molecule has 1 N–H and O–H groups in total.